The van der Waals surface area contributed by atoms with E-state index >= 15 is 4.79 Å². The topological polar surface area (TPSA) is 200 Å². The fraction of sp³-hybridized carbons (Fsp3) is 0.600. The number of aromatic nitrogens is 3. The zero-order chi connectivity index (χ0) is 47.4. The smallest absolute Gasteiger partial charge is 0.427 e. The molecule has 0 spiro atoms. The van der Waals surface area contributed by atoms with Gasteiger partial charge in [-0.1, -0.05) is 39.8 Å². The van der Waals surface area contributed by atoms with Gasteiger partial charge in [-0.2, -0.15) is 18.3 Å². The van der Waals surface area contributed by atoms with Gasteiger partial charge in [0.1, 0.15) is 35.2 Å². The lowest BCUT2D eigenvalue weighted by Crippen LogP contribution is -2.59. The van der Waals surface area contributed by atoms with Gasteiger partial charge in [-0.15, -0.1) is 0 Å². The minimum absolute atomic E-state index is 0.0550. The molecule has 65 heavy (non-hydrogen) atoms. The zero-order valence-electron chi connectivity index (χ0n) is 37.8. The van der Waals surface area contributed by atoms with Crippen molar-refractivity contribution in [1.29, 1.82) is 0 Å². The molecular weight excluding hydrogens is 872 g/mol. The average molecular weight is 930 g/mol. The van der Waals surface area contributed by atoms with Crippen molar-refractivity contribution < 1.29 is 55.0 Å². The maximum absolute atomic E-state index is 15.0. The number of alkyl halides is 3. The Morgan fingerprint density at radius 2 is 1.78 bits per heavy atom. The van der Waals surface area contributed by atoms with E-state index in [-0.39, 0.29) is 31.2 Å². The number of nitrogens with one attached hydrogen (secondary N) is 3. The van der Waals surface area contributed by atoms with Gasteiger partial charge >= 0.3 is 12.3 Å². The van der Waals surface area contributed by atoms with Crippen LogP contribution in [0, 0.1) is 17.8 Å². The molecule has 3 fully saturated rings. The van der Waals surface area contributed by atoms with Crippen LogP contribution in [0.4, 0.5) is 18.0 Å². The molecule has 1 aromatic carbocycles. The summed E-state index contributed by atoms with van der Waals surface area (Å²) >= 11 is 0. The first-order valence-corrected chi connectivity index (χ1v) is 23.5. The van der Waals surface area contributed by atoms with E-state index in [0.29, 0.717) is 74.2 Å². The number of hydrogen-bond acceptors (Lipinski definition) is 11. The number of benzene rings is 1. The number of fused-ring (bicyclic) bond motifs is 3. The Balaban J connectivity index is 1.27. The summed E-state index contributed by atoms with van der Waals surface area (Å²) in [5.74, 6) is -2.39. The van der Waals surface area contributed by atoms with Crippen molar-refractivity contribution in [3.63, 3.8) is 0 Å². The number of carbonyl (C=O) groups excluding carboxylic acids is 4. The second-order valence-electron chi connectivity index (χ2n) is 19.2. The minimum Gasteiger partial charge on any atom is -0.497 e. The van der Waals surface area contributed by atoms with Crippen molar-refractivity contribution in [2.45, 2.75) is 140 Å². The number of hydrogen-bond donors (Lipinski definition) is 3. The number of amides is 4. The van der Waals surface area contributed by atoms with Gasteiger partial charge in [0.25, 0.3) is 5.91 Å². The Morgan fingerprint density at radius 1 is 1.06 bits per heavy atom. The molecule has 0 unspecified atom stereocenters. The minimum atomic E-state index is -4.93. The molecular formula is C45H58F3N7O9S. The number of rotatable bonds is 10. The molecule has 7 atom stereocenters. The Bertz CT molecular complexity index is 2490. The lowest BCUT2D eigenvalue weighted by Gasteiger charge is -2.34. The van der Waals surface area contributed by atoms with Crippen molar-refractivity contribution in [3.05, 3.63) is 54.4 Å². The third-order valence-electron chi connectivity index (χ3n) is 13.2. The highest BCUT2D eigenvalue weighted by molar-refractivity contribution is 7.91. The van der Waals surface area contributed by atoms with Crippen LogP contribution in [0.5, 0.6) is 11.5 Å². The number of nitrogens with zero attached hydrogens (tertiary/aromatic N) is 4. The number of sulfonamides is 1. The van der Waals surface area contributed by atoms with Crippen LogP contribution in [0.3, 0.4) is 0 Å². The quantitative estimate of drug-likeness (QED) is 0.195. The standard InChI is InChI=1S/C45H58F3N7O9S/c1-25(2)32-15-18-55(52-32)36-22-35(31-14-13-29(62-8)20-33(31)49-36)63-30-21-34-38(56)51-44(40(58)53-65(60,61)43(7)16-17-43)23-28(44)12-10-9-11-26(3)19-27(4)37(39(57)54(34)24-30)50-41(59)64-42(5,6)45(46,47)48/h10,12-15,18,20,22,25-28,30,34,37H,9,11,16-17,19,21,23-24H2,1-8H3,(H,50,59)(H,51,56)(H,53,58)/b12-10-/t26-,27-,28-,30-,34+,37+,44-/m1/s1. The largest absolute Gasteiger partial charge is 0.497 e. The summed E-state index contributed by atoms with van der Waals surface area (Å²) in [6.07, 6.45) is 0.288. The van der Waals surface area contributed by atoms with Gasteiger partial charge in [-0.25, -0.2) is 22.9 Å². The lowest BCUT2D eigenvalue weighted by molar-refractivity contribution is -0.244. The van der Waals surface area contributed by atoms with Gasteiger partial charge in [0.2, 0.25) is 27.4 Å². The van der Waals surface area contributed by atoms with E-state index in [2.05, 4.69) is 20.5 Å². The van der Waals surface area contributed by atoms with Crippen LogP contribution < -0.4 is 24.8 Å². The Labute approximate surface area is 376 Å². The highest BCUT2D eigenvalue weighted by Gasteiger charge is 2.63. The first-order valence-electron chi connectivity index (χ1n) is 22.0. The van der Waals surface area contributed by atoms with E-state index in [1.54, 1.807) is 48.1 Å². The maximum Gasteiger partial charge on any atom is 0.427 e. The Morgan fingerprint density at radius 3 is 2.43 bits per heavy atom. The van der Waals surface area contributed by atoms with E-state index in [9.17, 15) is 36.0 Å². The molecule has 4 heterocycles. The normalized spacial score (nSPS) is 27.7. The summed E-state index contributed by atoms with van der Waals surface area (Å²) in [4.78, 5) is 63.1. The van der Waals surface area contributed by atoms with Crippen molar-refractivity contribution >= 4 is 44.7 Å². The van der Waals surface area contributed by atoms with Crippen LogP contribution in [0.15, 0.2) is 48.7 Å². The van der Waals surface area contributed by atoms with Crippen molar-refractivity contribution in [2.24, 2.45) is 17.8 Å². The summed E-state index contributed by atoms with van der Waals surface area (Å²) in [6, 6.07) is 5.94. The van der Waals surface area contributed by atoms with E-state index < -0.39 is 85.9 Å². The van der Waals surface area contributed by atoms with Crippen molar-refractivity contribution in [2.75, 3.05) is 13.7 Å². The van der Waals surface area contributed by atoms with Crippen molar-refractivity contribution in [1.82, 2.24) is 35.0 Å². The molecule has 1 saturated heterocycles. The number of pyridine rings is 1. The highest BCUT2D eigenvalue weighted by Crippen LogP contribution is 2.48. The Kier molecular flexibility index (Phi) is 12.8. The predicted octanol–water partition coefficient (Wildman–Crippen LogP) is 6.22. The van der Waals surface area contributed by atoms with Crippen molar-refractivity contribution in [3.8, 4) is 17.3 Å². The molecule has 2 saturated carbocycles. The molecule has 354 valence electrons. The highest BCUT2D eigenvalue weighted by atomic mass is 32.2. The third kappa shape index (κ3) is 9.77. The molecule has 2 aliphatic carbocycles. The fourth-order valence-electron chi connectivity index (χ4n) is 8.50. The summed E-state index contributed by atoms with van der Waals surface area (Å²) in [5, 5.41) is 10.5. The fourth-order valence-corrected chi connectivity index (χ4v) is 9.81. The first-order chi connectivity index (χ1) is 30.4. The van der Waals surface area contributed by atoms with Crippen LogP contribution in [0.2, 0.25) is 0 Å². The van der Waals surface area contributed by atoms with E-state index in [1.165, 1.54) is 18.9 Å². The van der Waals surface area contributed by atoms with E-state index in [1.807, 2.05) is 32.9 Å². The van der Waals surface area contributed by atoms with Gasteiger partial charge in [0, 0.05) is 36.1 Å². The monoisotopic (exact) mass is 929 g/mol. The number of carbonyl (C=O) groups is 4. The number of methoxy groups -OCH3 is 1. The van der Waals surface area contributed by atoms with Crippen LogP contribution in [0.25, 0.3) is 16.7 Å². The van der Waals surface area contributed by atoms with Gasteiger partial charge < -0.3 is 29.7 Å². The molecule has 7 rings (SSSR count). The summed E-state index contributed by atoms with van der Waals surface area (Å²) in [5.41, 5.74) is -3.26. The molecule has 3 N–H and O–H groups in total. The average Bonchev–Trinajstić information content (AvgIpc) is 3.99. The maximum atomic E-state index is 15.0. The Hall–Kier alpha value is -5.40. The SMILES string of the molecule is COc1ccc2c(O[C@@H]3C[C@H]4C(=O)N[C@]5(C(=O)NS(=O)(=O)C6(C)CC6)C[C@H]5/C=C\CC[C@@H](C)C[C@@H](C)[C@H](NC(=O)OC(C)(C)C(F)(F)F)C(=O)N4C3)cc(-n3ccc(C(C)C)n3)nc2c1. The zero-order valence-corrected chi connectivity index (χ0v) is 38.6. The van der Waals surface area contributed by atoms with Gasteiger partial charge in [0.15, 0.2) is 5.82 Å². The summed E-state index contributed by atoms with van der Waals surface area (Å²) < 4.78 is 87.9. The summed E-state index contributed by atoms with van der Waals surface area (Å²) in [7, 11) is -2.58. The lowest BCUT2D eigenvalue weighted by atomic mass is 9.88. The number of ether oxygens (including phenoxy) is 3. The molecule has 0 bridgehead atoms. The second-order valence-corrected chi connectivity index (χ2v) is 21.4. The van der Waals surface area contributed by atoms with Crippen LogP contribution in [-0.2, 0) is 29.1 Å². The van der Waals surface area contributed by atoms with Gasteiger partial charge in [-0.05, 0) is 95.2 Å². The number of halogens is 3. The van der Waals surface area contributed by atoms with Gasteiger partial charge in [0.05, 0.1) is 29.6 Å². The molecule has 2 aromatic heterocycles. The number of allylic oxidation sites excluding steroid dienone is 1. The van der Waals surface area contributed by atoms with E-state index in [4.69, 9.17) is 19.2 Å². The molecule has 0 radical (unpaired) electrons. The summed E-state index contributed by atoms with van der Waals surface area (Å²) in [6.45, 7) is 10.3. The van der Waals surface area contributed by atoms with Crippen LogP contribution in [-0.4, -0.2) is 106 Å². The molecule has 20 heteroatoms. The predicted molar refractivity (Wildman–Crippen MR) is 233 cm³/mol. The number of alkyl carbamates (subject to hydrolysis) is 1. The van der Waals surface area contributed by atoms with Crippen LogP contribution >= 0.6 is 0 Å². The van der Waals surface area contributed by atoms with E-state index in [0.717, 1.165) is 5.69 Å². The van der Waals surface area contributed by atoms with Crippen LogP contribution in [0.1, 0.15) is 105 Å². The molecule has 3 aromatic rings. The van der Waals surface area contributed by atoms with Gasteiger partial charge in [-0.3, -0.25) is 19.1 Å². The third-order valence-corrected chi connectivity index (χ3v) is 15.4. The molecule has 16 nitrogen and oxygen atoms in total. The molecule has 4 aliphatic rings. The first kappa shape index (κ1) is 47.6. The molecule has 4 amide bonds. The molecule has 2 aliphatic heterocycles. The second kappa shape index (κ2) is 17.4.